The molecule has 0 aromatic heterocycles. The first-order chi connectivity index (χ1) is 14.6. The van der Waals surface area contributed by atoms with E-state index >= 15 is 0 Å². The fourth-order valence-electron chi connectivity index (χ4n) is 3.88. The molecular weight excluding hydrogens is 374 g/mol. The van der Waals surface area contributed by atoms with Gasteiger partial charge in [0.15, 0.2) is 5.78 Å². The van der Waals surface area contributed by atoms with E-state index < -0.39 is 0 Å². The number of unbranched alkanes of at least 4 members (excludes halogenated alkanes) is 10. The molecule has 0 fully saturated rings. The number of ketones is 1. The molecule has 2 atom stereocenters. The van der Waals surface area contributed by atoms with Crippen LogP contribution in [0.4, 0.5) is 0 Å². The second-order valence-corrected chi connectivity index (χ2v) is 8.49. The van der Waals surface area contributed by atoms with Crippen molar-refractivity contribution < 1.29 is 14.3 Å². The molecule has 0 aromatic carbocycles. The van der Waals surface area contributed by atoms with Crippen LogP contribution < -0.4 is 5.73 Å². The highest BCUT2D eigenvalue weighted by Crippen LogP contribution is 2.30. The molecule has 1 aliphatic rings. The maximum Gasteiger partial charge on any atom is 0.217 e. The average Bonchev–Trinajstić information content (AvgIpc) is 3.01. The summed E-state index contributed by atoms with van der Waals surface area (Å²) >= 11 is 0. The Kier molecular flexibility index (Phi) is 15.1. The van der Waals surface area contributed by atoms with Crippen molar-refractivity contribution in [2.45, 2.75) is 116 Å². The van der Waals surface area contributed by atoms with Gasteiger partial charge in [0.25, 0.3) is 0 Å². The minimum atomic E-state index is -0.250. The predicted molar refractivity (Wildman–Crippen MR) is 124 cm³/mol. The van der Waals surface area contributed by atoms with E-state index in [0.29, 0.717) is 13.0 Å². The first-order valence-corrected chi connectivity index (χ1v) is 12.2. The summed E-state index contributed by atoms with van der Waals surface area (Å²) in [5, 5.41) is 0. The van der Waals surface area contributed by atoms with Gasteiger partial charge < -0.3 is 10.5 Å². The van der Waals surface area contributed by atoms with Crippen LogP contribution in [0.3, 0.4) is 0 Å². The van der Waals surface area contributed by atoms with Crippen LogP contribution in [-0.4, -0.2) is 24.4 Å². The summed E-state index contributed by atoms with van der Waals surface area (Å²) in [5.74, 6) is 6.36. The summed E-state index contributed by atoms with van der Waals surface area (Å²) in [6.45, 7) is 5.02. The standard InChI is InChI=1S/C26H43NO3/c1-3-5-7-9-11-13-17-22-21-24(28)23(18-14-10-8-6-4-2)26(22)30-20-16-12-15-19-25(27)29/h21,23,26H,3-12,14-16,18-20H2,1-2H3,(H2,27,29). The molecule has 0 heterocycles. The molecule has 0 aliphatic heterocycles. The summed E-state index contributed by atoms with van der Waals surface area (Å²) in [5.41, 5.74) is 6.06. The van der Waals surface area contributed by atoms with Gasteiger partial charge in [0.1, 0.15) is 6.10 Å². The van der Waals surface area contributed by atoms with Crippen LogP contribution in [0.15, 0.2) is 11.6 Å². The van der Waals surface area contributed by atoms with Gasteiger partial charge in [-0.05, 0) is 31.8 Å². The van der Waals surface area contributed by atoms with Gasteiger partial charge in [-0.15, -0.1) is 0 Å². The fraction of sp³-hybridized carbons (Fsp3) is 0.769. The Labute approximate surface area is 184 Å². The molecule has 30 heavy (non-hydrogen) atoms. The molecule has 1 amide bonds. The van der Waals surface area contributed by atoms with Crippen molar-refractivity contribution in [1.82, 2.24) is 0 Å². The van der Waals surface area contributed by atoms with Crippen LogP contribution in [0.25, 0.3) is 0 Å². The molecule has 0 spiro atoms. The number of nitrogens with two attached hydrogens (primary N) is 1. The SMILES string of the molecule is CCCCCCC#CC1=CC(=O)C(CCCCCCC)C1OCCCCCC(N)=O. The van der Waals surface area contributed by atoms with Crippen LogP contribution in [0.1, 0.15) is 110 Å². The van der Waals surface area contributed by atoms with Crippen LogP contribution >= 0.6 is 0 Å². The van der Waals surface area contributed by atoms with Crippen molar-refractivity contribution >= 4 is 11.7 Å². The van der Waals surface area contributed by atoms with E-state index in [2.05, 4.69) is 25.7 Å². The largest absolute Gasteiger partial charge is 0.372 e. The predicted octanol–water partition coefficient (Wildman–Crippen LogP) is 5.88. The number of primary amides is 1. The number of amides is 1. The normalized spacial score (nSPS) is 18.2. The first-order valence-electron chi connectivity index (χ1n) is 12.2. The van der Waals surface area contributed by atoms with Crippen LogP contribution in [0.5, 0.6) is 0 Å². The highest BCUT2D eigenvalue weighted by molar-refractivity contribution is 5.97. The Hall–Kier alpha value is -1.60. The molecule has 0 radical (unpaired) electrons. The lowest BCUT2D eigenvalue weighted by Crippen LogP contribution is -2.26. The molecule has 1 rings (SSSR count). The number of hydrogen-bond donors (Lipinski definition) is 1. The molecule has 0 saturated carbocycles. The van der Waals surface area contributed by atoms with E-state index in [4.69, 9.17) is 10.5 Å². The molecule has 4 heteroatoms. The fourth-order valence-corrected chi connectivity index (χ4v) is 3.88. The summed E-state index contributed by atoms with van der Waals surface area (Å²) in [6, 6.07) is 0. The smallest absolute Gasteiger partial charge is 0.217 e. The Balaban J connectivity index is 2.55. The summed E-state index contributed by atoms with van der Waals surface area (Å²) in [6.07, 6.45) is 17.1. The van der Waals surface area contributed by atoms with E-state index in [1.807, 2.05) is 0 Å². The molecule has 0 aromatic rings. The van der Waals surface area contributed by atoms with Gasteiger partial charge in [-0.2, -0.15) is 0 Å². The second-order valence-electron chi connectivity index (χ2n) is 8.49. The maximum absolute atomic E-state index is 12.6. The van der Waals surface area contributed by atoms with Crippen LogP contribution in [0, 0.1) is 17.8 Å². The van der Waals surface area contributed by atoms with Crippen molar-refractivity contribution in [1.29, 1.82) is 0 Å². The second kappa shape index (κ2) is 17.1. The minimum Gasteiger partial charge on any atom is -0.372 e. The third kappa shape index (κ3) is 11.6. The van der Waals surface area contributed by atoms with Crippen LogP contribution in [0.2, 0.25) is 0 Å². The van der Waals surface area contributed by atoms with Crippen molar-refractivity contribution in [3.63, 3.8) is 0 Å². The van der Waals surface area contributed by atoms with Gasteiger partial charge >= 0.3 is 0 Å². The van der Waals surface area contributed by atoms with Gasteiger partial charge in [-0.3, -0.25) is 9.59 Å². The third-order valence-corrected chi connectivity index (χ3v) is 5.71. The lowest BCUT2D eigenvalue weighted by molar-refractivity contribution is -0.121. The topological polar surface area (TPSA) is 69.4 Å². The number of ether oxygens (including phenoxy) is 1. The van der Waals surface area contributed by atoms with E-state index in [9.17, 15) is 9.59 Å². The highest BCUT2D eigenvalue weighted by atomic mass is 16.5. The summed E-state index contributed by atoms with van der Waals surface area (Å²) < 4.78 is 6.17. The first kappa shape index (κ1) is 26.4. The van der Waals surface area contributed by atoms with Gasteiger partial charge in [-0.25, -0.2) is 0 Å². The number of carbonyl (C=O) groups excluding carboxylic acids is 2. The number of carbonyl (C=O) groups is 2. The Morgan fingerprint density at radius 3 is 2.33 bits per heavy atom. The summed E-state index contributed by atoms with van der Waals surface area (Å²) in [4.78, 5) is 23.5. The Bertz CT molecular complexity index is 585. The zero-order valence-electron chi connectivity index (χ0n) is 19.3. The molecule has 0 saturated heterocycles. The van der Waals surface area contributed by atoms with Crippen molar-refractivity contribution in [3.05, 3.63) is 11.6 Å². The van der Waals surface area contributed by atoms with E-state index in [0.717, 1.165) is 50.5 Å². The molecule has 2 unspecified atom stereocenters. The van der Waals surface area contributed by atoms with E-state index in [1.54, 1.807) is 6.08 Å². The van der Waals surface area contributed by atoms with E-state index in [-0.39, 0.29) is 23.7 Å². The Morgan fingerprint density at radius 2 is 1.63 bits per heavy atom. The molecule has 0 bridgehead atoms. The monoisotopic (exact) mass is 417 g/mol. The zero-order chi connectivity index (χ0) is 22.0. The molecule has 170 valence electrons. The van der Waals surface area contributed by atoms with Gasteiger partial charge in [0, 0.05) is 25.0 Å². The zero-order valence-corrected chi connectivity index (χ0v) is 19.3. The maximum atomic E-state index is 12.6. The van der Waals surface area contributed by atoms with Gasteiger partial charge in [0.05, 0.1) is 5.92 Å². The number of rotatable bonds is 17. The molecule has 4 nitrogen and oxygen atoms in total. The minimum absolute atomic E-state index is 0.0818. The van der Waals surface area contributed by atoms with Crippen molar-refractivity contribution in [2.24, 2.45) is 11.7 Å². The lowest BCUT2D eigenvalue weighted by Gasteiger charge is -2.21. The molecule has 1 aliphatic carbocycles. The van der Waals surface area contributed by atoms with Crippen LogP contribution in [-0.2, 0) is 14.3 Å². The molecule has 2 N–H and O–H groups in total. The van der Waals surface area contributed by atoms with Gasteiger partial charge in [0.2, 0.25) is 5.91 Å². The molecular formula is C26H43NO3. The van der Waals surface area contributed by atoms with Crippen molar-refractivity contribution in [3.8, 4) is 11.8 Å². The number of allylic oxidation sites excluding steroid dienone is 1. The van der Waals surface area contributed by atoms with Crippen molar-refractivity contribution in [2.75, 3.05) is 6.61 Å². The highest BCUT2D eigenvalue weighted by Gasteiger charge is 2.35. The van der Waals surface area contributed by atoms with E-state index in [1.165, 1.54) is 44.9 Å². The quantitative estimate of drug-likeness (QED) is 0.237. The summed E-state index contributed by atoms with van der Waals surface area (Å²) in [7, 11) is 0. The van der Waals surface area contributed by atoms with Gasteiger partial charge in [-0.1, -0.05) is 83.5 Å². The third-order valence-electron chi connectivity index (χ3n) is 5.71. The average molecular weight is 418 g/mol. The number of hydrogen-bond acceptors (Lipinski definition) is 3. The lowest BCUT2D eigenvalue weighted by atomic mass is 9.93. The Morgan fingerprint density at radius 1 is 0.967 bits per heavy atom.